The Hall–Kier alpha value is -0.620. The van der Waals surface area contributed by atoms with Crippen LogP contribution in [0.1, 0.15) is 12.8 Å². The van der Waals surface area contributed by atoms with E-state index in [2.05, 4.69) is 9.50 Å². The predicted octanol–water partition coefficient (Wildman–Crippen LogP) is -0.759. The second-order valence-corrected chi connectivity index (χ2v) is 4.48. The van der Waals surface area contributed by atoms with Gasteiger partial charge in [0.2, 0.25) is 5.91 Å². The van der Waals surface area contributed by atoms with Crippen molar-refractivity contribution >= 4 is 16.0 Å². The van der Waals surface area contributed by atoms with Gasteiger partial charge in [0.15, 0.2) is 0 Å². The summed E-state index contributed by atoms with van der Waals surface area (Å²) in [7, 11) is -2.32. The highest BCUT2D eigenvalue weighted by atomic mass is 32.2. The molecular formula is C6H11NO4S. The molecule has 1 aliphatic heterocycles. The van der Waals surface area contributed by atoms with Gasteiger partial charge in [-0.25, -0.2) is 0 Å². The van der Waals surface area contributed by atoms with E-state index in [1.165, 1.54) is 0 Å². The summed E-state index contributed by atoms with van der Waals surface area (Å²) >= 11 is 0. The molecule has 1 fully saturated rings. The average Bonchev–Trinajstić information content (AvgIpc) is 2.35. The molecule has 1 atom stereocenters. The van der Waals surface area contributed by atoms with E-state index >= 15 is 0 Å². The molecule has 1 aliphatic rings. The van der Waals surface area contributed by atoms with Crippen molar-refractivity contribution in [2.75, 3.05) is 12.9 Å². The van der Waals surface area contributed by atoms with Gasteiger partial charge in [0.1, 0.15) is 0 Å². The van der Waals surface area contributed by atoms with Gasteiger partial charge in [-0.05, 0) is 6.42 Å². The Kier molecular flexibility index (Phi) is 2.69. The molecule has 1 amide bonds. The largest absolute Gasteiger partial charge is 0.352 e. The van der Waals surface area contributed by atoms with Gasteiger partial charge in [-0.3, -0.25) is 8.98 Å². The number of rotatable bonds is 3. The monoisotopic (exact) mass is 193 g/mol. The molecule has 0 bridgehead atoms. The standard InChI is InChI=1S/C6H11NO4S/c1-11-12(9,10)4-5-2-3-6(8)7-5/h5H,2-4H2,1H3,(H,7,8). The van der Waals surface area contributed by atoms with Crippen molar-refractivity contribution in [1.29, 1.82) is 0 Å². The molecule has 0 spiro atoms. The Morgan fingerprint density at radius 2 is 2.33 bits per heavy atom. The summed E-state index contributed by atoms with van der Waals surface area (Å²) in [6.07, 6.45) is 0.978. The highest BCUT2D eigenvalue weighted by molar-refractivity contribution is 7.86. The van der Waals surface area contributed by atoms with Crippen LogP contribution in [0.2, 0.25) is 0 Å². The molecule has 1 rings (SSSR count). The minimum atomic E-state index is -3.44. The van der Waals surface area contributed by atoms with Crippen LogP contribution in [0.15, 0.2) is 0 Å². The fourth-order valence-corrected chi connectivity index (χ4v) is 2.00. The first kappa shape index (κ1) is 9.47. The number of hydrogen-bond donors (Lipinski definition) is 1. The molecule has 0 saturated carbocycles. The van der Waals surface area contributed by atoms with Crippen molar-refractivity contribution in [2.24, 2.45) is 0 Å². The summed E-state index contributed by atoms with van der Waals surface area (Å²) < 4.78 is 26.0. The van der Waals surface area contributed by atoms with E-state index in [9.17, 15) is 13.2 Å². The lowest BCUT2D eigenvalue weighted by Crippen LogP contribution is -2.32. The number of carbonyl (C=O) groups is 1. The third kappa shape index (κ3) is 2.46. The molecule has 0 aliphatic carbocycles. The third-order valence-corrected chi connectivity index (χ3v) is 3.06. The fourth-order valence-electron chi connectivity index (χ4n) is 1.12. The Morgan fingerprint density at radius 3 is 2.75 bits per heavy atom. The molecule has 5 nitrogen and oxygen atoms in total. The first-order valence-electron chi connectivity index (χ1n) is 3.61. The molecule has 0 aromatic rings. The van der Waals surface area contributed by atoms with Crippen molar-refractivity contribution in [3.63, 3.8) is 0 Å². The van der Waals surface area contributed by atoms with E-state index in [4.69, 9.17) is 0 Å². The lowest BCUT2D eigenvalue weighted by atomic mass is 10.2. The van der Waals surface area contributed by atoms with E-state index in [0.717, 1.165) is 7.11 Å². The quantitative estimate of drug-likeness (QED) is 0.598. The Labute approximate surface area is 71.2 Å². The smallest absolute Gasteiger partial charge is 0.269 e. The van der Waals surface area contributed by atoms with Gasteiger partial charge in [0.25, 0.3) is 10.1 Å². The average molecular weight is 193 g/mol. The van der Waals surface area contributed by atoms with Gasteiger partial charge in [-0.2, -0.15) is 8.42 Å². The minimum absolute atomic E-state index is 0.0914. The number of amides is 1. The third-order valence-electron chi connectivity index (χ3n) is 1.74. The number of carbonyl (C=O) groups excluding carboxylic acids is 1. The van der Waals surface area contributed by atoms with E-state index in [-0.39, 0.29) is 17.7 Å². The van der Waals surface area contributed by atoms with E-state index in [1.807, 2.05) is 0 Å². The molecular weight excluding hydrogens is 182 g/mol. The minimum Gasteiger partial charge on any atom is -0.352 e. The maximum Gasteiger partial charge on any atom is 0.269 e. The normalized spacial score (nSPS) is 24.1. The van der Waals surface area contributed by atoms with Crippen LogP contribution in [0.3, 0.4) is 0 Å². The molecule has 12 heavy (non-hydrogen) atoms. The van der Waals surface area contributed by atoms with Crippen LogP contribution < -0.4 is 5.32 Å². The van der Waals surface area contributed by atoms with Crippen LogP contribution in [0, 0.1) is 0 Å². The first-order chi connectivity index (χ1) is 5.53. The summed E-state index contributed by atoms with van der Waals surface area (Å²) in [5.74, 6) is -0.221. The summed E-state index contributed by atoms with van der Waals surface area (Å²) in [4.78, 5) is 10.7. The maximum atomic E-state index is 10.9. The summed E-state index contributed by atoms with van der Waals surface area (Å²) in [5, 5.41) is 2.55. The molecule has 1 saturated heterocycles. The summed E-state index contributed by atoms with van der Waals surface area (Å²) in [6, 6.07) is -0.276. The molecule has 1 N–H and O–H groups in total. The first-order valence-corrected chi connectivity index (χ1v) is 5.19. The molecule has 0 aromatic heterocycles. The fraction of sp³-hybridized carbons (Fsp3) is 0.833. The highest BCUT2D eigenvalue weighted by Crippen LogP contribution is 2.09. The zero-order valence-electron chi connectivity index (χ0n) is 6.74. The van der Waals surface area contributed by atoms with Gasteiger partial charge < -0.3 is 5.32 Å². The predicted molar refractivity (Wildman–Crippen MR) is 42.0 cm³/mol. The molecule has 1 unspecified atom stereocenters. The molecule has 70 valence electrons. The molecule has 6 heteroatoms. The van der Waals surface area contributed by atoms with Crippen LogP contribution in [0.4, 0.5) is 0 Å². The maximum absolute atomic E-state index is 10.9. The lowest BCUT2D eigenvalue weighted by Gasteiger charge is -2.07. The van der Waals surface area contributed by atoms with E-state index < -0.39 is 10.1 Å². The van der Waals surface area contributed by atoms with Crippen molar-refractivity contribution in [3.8, 4) is 0 Å². The van der Waals surface area contributed by atoms with Crippen LogP contribution in [-0.2, 0) is 19.1 Å². The summed E-state index contributed by atoms with van der Waals surface area (Å²) in [6.45, 7) is 0. The van der Waals surface area contributed by atoms with Crippen LogP contribution in [0.5, 0.6) is 0 Å². The zero-order chi connectivity index (χ0) is 9.19. The van der Waals surface area contributed by atoms with Gasteiger partial charge >= 0.3 is 0 Å². The van der Waals surface area contributed by atoms with Crippen molar-refractivity contribution in [2.45, 2.75) is 18.9 Å². The summed E-state index contributed by atoms with van der Waals surface area (Å²) in [5.41, 5.74) is 0. The Morgan fingerprint density at radius 1 is 1.67 bits per heavy atom. The van der Waals surface area contributed by atoms with Gasteiger partial charge in [0.05, 0.1) is 12.9 Å². The second kappa shape index (κ2) is 3.40. The molecule has 1 heterocycles. The van der Waals surface area contributed by atoms with E-state index in [1.54, 1.807) is 0 Å². The van der Waals surface area contributed by atoms with Gasteiger partial charge in [0, 0.05) is 12.5 Å². The van der Waals surface area contributed by atoms with Gasteiger partial charge in [-0.15, -0.1) is 0 Å². The molecule has 0 aromatic carbocycles. The van der Waals surface area contributed by atoms with Crippen LogP contribution in [-0.4, -0.2) is 33.2 Å². The molecule has 0 radical (unpaired) electrons. The number of nitrogens with one attached hydrogen (secondary N) is 1. The Bertz CT molecular complexity index is 271. The van der Waals surface area contributed by atoms with Crippen LogP contribution >= 0.6 is 0 Å². The lowest BCUT2D eigenvalue weighted by molar-refractivity contribution is -0.119. The number of hydrogen-bond acceptors (Lipinski definition) is 4. The van der Waals surface area contributed by atoms with Crippen LogP contribution in [0.25, 0.3) is 0 Å². The van der Waals surface area contributed by atoms with E-state index in [0.29, 0.717) is 12.8 Å². The second-order valence-electron chi connectivity index (χ2n) is 2.69. The van der Waals surface area contributed by atoms with Gasteiger partial charge in [-0.1, -0.05) is 0 Å². The highest BCUT2D eigenvalue weighted by Gasteiger charge is 2.25. The SMILES string of the molecule is COS(=O)(=O)CC1CCC(=O)N1. The topological polar surface area (TPSA) is 72.5 Å². The van der Waals surface area contributed by atoms with Crippen molar-refractivity contribution < 1.29 is 17.4 Å². The van der Waals surface area contributed by atoms with Crippen molar-refractivity contribution in [1.82, 2.24) is 5.32 Å². The van der Waals surface area contributed by atoms with Crippen molar-refractivity contribution in [3.05, 3.63) is 0 Å². The Balaban J connectivity index is 2.48. The zero-order valence-corrected chi connectivity index (χ0v) is 7.56.